The summed E-state index contributed by atoms with van der Waals surface area (Å²) in [6.07, 6.45) is -4.61. The minimum Gasteiger partial charge on any atom is -0.375 e. The minimum atomic E-state index is -4.61. The quantitative estimate of drug-likeness (QED) is 0.912. The number of methoxy groups -OCH3 is 1. The molecule has 112 valence electrons. The molecular formula is C13H12F3N3O2. The molecule has 5 nitrogen and oxygen atoms in total. The lowest BCUT2D eigenvalue weighted by atomic mass is 10.1. The zero-order chi connectivity index (χ0) is 15.5. The summed E-state index contributed by atoms with van der Waals surface area (Å²) in [5, 5.41) is 7.77. The molecule has 1 amide bonds. The maximum Gasteiger partial charge on any atom is 0.433 e. The molecule has 1 heterocycles. The number of anilines is 1. The predicted molar refractivity (Wildman–Crippen MR) is 69.5 cm³/mol. The van der Waals surface area contributed by atoms with Crippen LogP contribution in [-0.2, 0) is 15.7 Å². The molecule has 0 saturated carbocycles. The van der Waals surface area contributed by atoms with Gasteiger partial charge in [-0.05, 0) is 5.56 Å². The van der Waals surface area contributed by atoms with Crippen molar-refractivity contribution in [3.63, 3.8) is 0 Å². The van der Waals surface area contributed by atoms with Crippen molar-refractivity contribution in [1.82, 2.24) is 10.2 Å². The highest BCUT2D eigenvalue weighted by atomic mass is 19.4. The first-order valence-electron chi connectivity index (χ1n) is 5.93. The Balaban J connectivity index is 2.47. The average molecular weight is 299 g/mol. The Hall–Kier alpha value is -2.35. The van der Waals surface area contributed by atoms with Gasteiger partial charge in [0.15, 0.2) is 5.82 Å². The van der Waals surface area contributed by atoms with Gasteiger partial charge in [0.2, 0.25) is 0 Å². The first kappa shape index (κ1) is 15.0. The van der Waals surface area contributed by atoms with Crippen LogP contribution in [0.3, 0.4) is 0 Å². The number of aromatic amines is 1. The molecular weight excluding hydrogens is 287 g/mol. The Labute approximate surface area is 118 Å². The molecule has 0 fully saturated rings. The summed E-state index contributed by atoms with van der Waals surface area (Å²) in [6, 6.07) is 7.89. The number of hydrogen-bond acceptors (Lipinski definition) is 3. The minimum absolute atomic E-state index is 0.185. The maximum absolute atomic E-state index is 13.0. The van der Waals surface area contributed by atoms with Gasteiger partial charge in [0.25, 0.3) is 5.91 Å². The first-order chi connectivity index (χ1) is 9.93. The van der Waals surface area contributed by atoms with Crippen molar-refractivity contribution in [2.75, 3.05) is 19.0 Å². The van der Waals surface area contributed by atoms with E-state index in [0.29, 0.717) is 5.56 Å². The summed E-state index contributed by atoms with van der Waals surface area (Å²) in [4.78, 5) is 11.5. The number of ether oxygens (including phenoxy) is 1. The average Bonchev–Trinajstić information content (AvgIpc) is 2.83. The van der Waals surface area contributed by atoms with E-state index >= 15 is 0 Å². The number of amides is 1. The summed E-state index contributed by atoms with van der Waals surface area (Å²) in [7, 11) is 1.31. The van der Waals surface area contributed by atoms with Crippen LogP contribution in [0.5, 0.6) is 0 Å². The number of aromatic nitrogens is 2. The molecule has 2 rings (SSSR count). The molecule has 2 N–H and O–H groups in total. The van der Waals surface area contributed by atoms with Crippen molar-refractivity contribution >= 4 is 11.7 Å². The van der Waals surface area contributed by atoms with Gasteiger partial charge in [-0.1, -0.05) is 30.3 Å². The Bertz CT molecular complexity index is 623. The van der Waals surface area contributed by atoms with Crippen molar-refractivity contribution < 1.29 is 22.7 Å². The molecule has 21 heavy (non-hydrogen) atoms. The van der Waals surface area contributed by atoms with Gasteiger partial charge in [-0.25, -0.2) is 0 Å². The second kappa shape index (κ2) is 5.96. The van der Waals surface area contributed by atoms with Crippen LogP contribution in [0.2, 0.25) is 0 Å². The summed E-state index contributed by atoms with van der Waals surface area (Å²) in [6.45, 7) is -0.275. The number of hydrogen-bond donors (Lipinski definition) is 2. The third-order valence-corrected chi connectivity index (χ3v) is 2.65. The molecule has 0 aliphatic heterocycles. The number of alkyl halides is 3. The number of rotatable bonds is 4. The lowest BCUT2D eigenvalue weighted by molar-refractivity contribution is -0.140. The van der Waals surface area contributed by atoms with E-state index < -0.39 is 17.8 Å². The van der Waals surface area contributed by atoms with Crippen molar-refractivity contribution in [3.05, 3.63) is 36.0 Å². The number of nitrogens with zero attached hydrogens (tertiary/aromatic N) is 1. The van der Waals surface area contributed by atoms with Crippen LogP contribution in [0, 0.1) is 0 Å². The smallest absolute Gasteiger partial charge is 0.375 e. The van der Waals surface area contributed by atoms with Crippen LogP contribution >= 0.6 is 0 Å². The van der Waals surface area contributed by atoms with E-state index in [4.69, 9.17) is 0 Å². The number of nitrogens with one attached hydrogen (secondary N) is 2. The molecule has 0 unspecified atom stereocenters. The van der Waals surface area contributed by atoms with Crippen molar-refractivity contribution in [2.24, 2.45) is 0 Å². The molecule has 0 saturated heterocycles. The predicted octanol–water partition coefficient (Wildman–Crippen LogP) is 2.68. The molecule has 0 radical (unpaired) electrons. The molecule has 0 bridgehead atoms. The lowest BCUT2D eigenvalue weighted by Gasteiger charge is -2.09. The molecule has 0 spiro atoms. The lowest BCUT2D eigenvalue weighted by Crippen LogP contribution is -2.18. The number of carbonyl (C=O) groups is 1. The van der Waals surface area contributed by atoms with E-state index in [-0.39, 0.29) is 18.0 Å². The molecule has 1 aromatic carbocycles. The highest BCUT2D eigenvalue weighted by Crippen LogP contribution is 2.39. The zero-order valence-electron chi connectivity index (χ0n) is 11.0. The summed E-state index contributed by atoms with van der Waals surface area (Å²) < 4.78 is 43.7. The number of carbonyl (C=O) groups excluding carboxylic acids is 1. The topological polar surface area (TPSA) is 67.0 Å². The van der Waals surface area contributed by atoms with E-state index in [2.05, 4.69) is 15.2 Å². The Morgan fingerprint density at radius 2 is 2.00 bits per heavy atom. The first-order valence-corrected chi connectivity index (χ1v) is 5.93. The summed E-state index contributed by atoms with van der Waals surface area (Å²) >= 11 is 0. The van der Waals surface area contributed by atoms with Gasteiger partial charge in [-0.2, -0.15) is 18.3 Å². The SMILES string of the molecule is COCC(=O)Nc1n[nH]c(C(F)(F)F)c1-c1ccccc1. The van der Waals surface area contributed by atoms with Gasteiger partial charge < -0.3 is 10.1 Å². The van der Waals surface area contributed by atoms with Crippen molar-refractivity contribution in [2.45, 2.75) is 6.18 Å². The molecule has 0 aliphatic carbocycles. The Morgan fingerprint density at radius 1 is 1.33 bits per heavy atom. The fraction of sp³-hybridized carbons (Fsp3) is 0.231. The number of benzene rings is 1. The van der Waals surface area contributed by atoms with Gasteiger partial charge in [-0.3, -0.25) is 9.89 Å². The summed E-state index contributed by atoms with van der Waals surface area (Å²) in [5.74, 6) is -0.773. The zero-order valence-corrected chi connectivity index (χ0v) is 11.0. The fourth-order valence-electron chi connectivity index (χ4n) is 1.82. The van der Waals surface area contributed by atoms with E-state index in [9.17, 15) is 18.0 Å². The van der Waals surface area contributed by atoms with Gasteiger partial charge in [0, 0.05) is 7.11 Å². The largest absolute Gasteiger partial charge is 0.433 e. The van der Waals surface area contributed by atoms with Crippen LogP contribution < -0.4 is 5.32 Å². The molecule has 8 heteroatoms. The van der Waals surface area contributed by atoms with Crippen molar-refractivity contribution in [3.8, 4) is 11.1 Å². The number of H-pyrrole nitrogens is 1. The Morgan fingerprint density at radius 3 is 2.57 bits per heavy atom. The van der Waals surface area contributed by atoms with E-state index in [1.165, 1.54) is 19.2 Å². The summed E-state index contributed by atoms with van der Waals surface area (Å²) in [5.41, 5.74) is -0.916. The van der Waals surface area contributed by atoms with Gasteiger partial charge >= 0.3 is 6.18 Å². The van der Waals surface area contributed by atoms with Gasteiger partial charge in [0.05, 0.1) is 5.56 Å². The second-order valence-corrected chi connectivity index (χ2v) is 4.17. The van der Waals surface area contributed by atoms with Gasteiger partial charge in [0.1, 0.15) is 12.3 Å². The highest BCUT2D eigenvalue weighted by Gasteiger charge is 2.38. The van der Waals surface area contributed by atoms with Crippen molar-refractivity contribution in [1.29, 1.82) is 0 Å². The molecule has 0 atom stereocenters. The van der Waals surface area contributed by atoms with E-state index in [0.717, 1.165) is 0 Å². The maximum atomic E-state index is 13.0. The molecule has 2 aromatic rings. The van der Waals surface area contributed by atoms with Crippen LogP contribution in [0.4, 0.5) is 19.0 Å². The number of halogens is 3. The van der Waals surface area contributed by atoms with Gasteiger partial charge in [-0.15, -0.1) is 0 Å². The second-order valence-electron chi connectivity index (χ2n) is 4.17. The molecule has 0 aliphatic rings. The fourth-order valence-corrected chi connectivity index (χ4v) is 1.82. The Kier molecular flexibility index (Phi) is 4.27. The van der Waals surface area contributed by atoms with Crippen LogP contribution in [0.1, 0.15) is 5.69 Å². The monoisotopic (exact) mass is 299 g/mol. The van der Waals surface area contributed by atoms with Crippen LogP contribution in [0.15, 0.2) is 30.3 Å². The van der Waals surface area contributed by atoms with E-state index in [1.54, 1.807) is 18.2 Å². The highest BCUT2D eigenvalue weighted by molar-refractivity contribution is 5.95. The third kappa shape index (κ3) is 3.40. The normalized spacial score (nSPS) is 11.4. The molecule has 1 aromatic heterocycles. The van der Waals surface area contributed by atoms with Crippen LogP contribution in [0.25, 0.3) is 11.1 Å². The van der Waals surface area contributed by atoms with Crippen LogP contribution in [-0.4, -0.2) is 29.8 Å². The third-order valence-electron chi connectivity index (χ3n) is 2.65. The van der Waals surface area contributed by atoms with E-state index in [1.807, 2.05) is 5.10 Å². The standard InChI is InChI=1S/C13H12F3N3O2/c1-21-7-9(20)17-12-10(8-5-3-2-4-6-8)11(18-19-12)13(14,15)16/h2-6H,7H2,1H3,(H2,17,18,19,20).